The van der Waals surface area contributed by atoms with E-state index in [4.69, 9.17) is 21.6 Å². The summed E-state index contributed by atoms with van der Waals surface area (Å²) in [5.41, 5.74) is 0.689. The van der Waals surface area contributed by atoms with Crippen molar-refractivity contribution in [3.8, 4) is 6.07 Å². The number of halogens is 1. The summed E-state index contributed by atoms with van der Waals surface area (Å²) in [5.74, 6) is -0.661. The molecule has 0 aliphatic carbocycles. The molecule has 1 aromatic carbocycles. The second-order valence-corrected chi connectivity index (χ2v) is 5.13. The molecule has 2 aromatic rings. The van der Waals surface area contributed by atoms with Crippen LogP contribution in [-0.4, -0.2) is 17.6 Å². The van der Waals surface area contributed by atoms with E-state index in [0.717, 1.165) is 10.2 Å². The van der Waals surface area contributed by atoms with Crippen LogP contribution in [0.5, 0.6) is 0 Å². The van der Waals surface area contributed by atoms with Crippen molar-refractivity contribution in [2.24, 2.45) is 0 Å². The lowest BCUT2D eigenvalue weighted by molar-refractivity contribution is -0.138. The summed E-state index contributed by atoms with van der Waals surface area (Å²) in [4.78, 5) is 15.7. The first-order valence-electron chi connectivity index (χ1n) is 5.74. The first kappa shape index (κ1) is 14.3. The van der Waals surface area contributed by atoms with Gasteiger partial charge in [0, 0.05) is 11.2 Å². The van der Waals surface area contributed by atoms with Crippen molar-refractivity contribution in [1.29, 1.82) is 5.26 Å². The molecule has 0 atom stereocenters. The zero-order chi connectivity index (χ0) is 14.5. The number of carbonyl (C=O) groups excluding carboxylic acids is 1. The highest BCUT2D eigenvalue weighted by atomic mass is 35.5. The van der Waals surface area contributed by atoms with Gasteiger partial charge in [-0.25, -0.2) is 9.78 Å². The molecule has 0 saturated carbocycles. The molecule has 20 heavy (non-hydrogen) atoms. The third kappa shape index (κ3) is 3.26. The van der Waals surface area contributed by atoms with E-state index in [1.54, 1.807) is 31.2 Å². The summed E-state index contributed by atoms with van der Waals surface area (Å²) >= 11 is 7.27. The molecule has 0 aliphatic rings. The fraction of sp³-hybridized carbons (Fsp3) is 0.154. The number of fused-ring (bicyclic) bond motifs is 1. The number of esters is 1. The number of nitrogens with zero attached hydrogens (tertiary/aromatic N) is 2. The highest BCUT2D eigenvalue weighted by molar-refractivity contribution is 7.22. The fourth-order valence-electron chi connectivity index (χ4n) is 1.44. The SMILES string of the molecule is CCOC(=O)/C(C#N)=C/Nc1nc2ccc(Cl)cc2s1. The normalized spacial score (nSPS) is 11.2. The van der Waals surface area contributed by atoms with Crippen LogP contribution in [0.3, 0.4) is 0 Å². The molecule has 2 rings (SSSR count). The molecule has 0 saturated heterocycles. The molecule has 1 heterocycles. The number of benzene rings is 1. The fourth-order valence-corrected chi connectivity index (χ4v) is 2.55. The number of nitriles is 1. The Balaban J connectivity index is 2.19. The van der Waals surface area contributed by atoms with Crippen LogP contribution in [-0.2, 0) is 9.53 Å². The Labute approximate surface area is 124 Å². The second-order valence-electron chi connectivity index (χ2n) is 3.67. The van der Waals surface area contributed by atoms with Crippen LogP contribution in [0.25, 0.3) is 10.2 Å². The van der Waals surface area contributed by atoms with E-state index in [9.17, 15) is 4.79 Å². The lowest BCUT2D eigenvalue weighted by Gasteiger charge is -1.99. The van der Waals surface area contributed by atoms with Gasteiger partial charge in [0.2, 0.25) is 0 Å². The van der Waals surface area contributed by atoms with Gasteiger partial charge in [0.25, 0.3) is 0 Å². The molecule has 0 unspecified atom stereocenters. The molecule has 1 aromatic heterocycles. The van der Waals surface area contributed by atoms with Gasteiger partial charge in [0.05, 0.1) is 16.8 Å². The summed E-state index contributed by atoms with van der Waals surface area (Å²) in [6.45, 7) is 1.90. The molecule has 0 radical (unpaired) electrons. The highest BCUT2D eigenvalue weighted by Crippen LogP contribution is 2.28. The number of aromatic nitrogens is 1. The number of rotatable bonds is 4. The third-order valence-corrected chi connectivity index (χ3v) is 3.49. The quantitative estimate of drug-likeness (QED) is 0.532. The summed E-state index contributed by atoms with van der Waals surface area (Å²) < 4.78 is 5.67. The Hall–Kier alpha value is -2.10. The molecule has 5 nitrogen and oxygen atoms in total. The van der Waals surface area contributed by atoms with E-state index in [2.05, 4.69) is 10.3 Å². The largest absolute Gasteiger partial charge is 0.462 e. The zero-order valence-electron chi connectivity index (χ0n) is 10.5. The minimum absolute atomic E-state index is 0.107. The van der Waals surface area contributed by atoms with Crippen LogP contribution in [0.15, 0.2) is 30.0 Å². The smallest absolute Gasteiger partial charge is 0.350 e. The monoisotopic (exact) mass is 307 g/mol. The summed E-state index contributed by atoms with van der Waals surface area (Å²) in [6, 6.07) is 7.14. The molecule has 0 aliphatic heterocycles. The van der Waals surface area contributed by atoms with Gasteiger partial charge < -0.3 is 10.1 Å². The van der Waals surface area contributed by atoms with Gasteiger partial charge >= 0.3 is 5.97 Å². The maximum atomic E-state index is 11.4. The van der Waals surface area contributed by atoms with Crippen LogP contribution in [0, 0.1) is 11.3 Å². The Morgan fingerprint density at radius 3 is 3.15 bits per heavy atom. The van der Waals surface area contributed by atoms with Crippen molar-refractivity contribution < 1.29 is 9.53 Å². The standard InChI is InChI=1S/C13H10ClN3O2S/c1-2-19-12(18)8(6-15)7-16-13-17-10-4-3-9(14)5-11(10)20-13/h3-5,7H,2H2,1H3,(H,16,17)/b8-7+. The van der Waals surface area contributed by atoms with Crippen LogP contribution in [0.1, 0.15) is 6.92 Å². The van der Waals surface area contributed by atoms with E-state index in [-0.39, 0.29) is 12.2 Å². The van der Waals surface area contributed by atoms with Crippen LogP contribution < -0.4 is 5.32 Å². The number of thiazole rings is 1. The summed E-state index contributed by atoms with van der Waals surface area (Å²) in [7, 11) is 0. The number of carbonyl (C=O) groups is 1. The Bertz CT molecular complexity index is 718. The topological polar surface area (TPSA) is 75.0 Å². The minimum Gasteiger partial charge on any atom is -0.462 e. The second kappa shape index (κ2) is 6.37. The van der Waals surface area contributed by atoms with Crippen molar-refractivity contribution in [3.63, 3.8) is 0 Å². The molecule has 0 spiro atoms. The van der Waals surface area contributed by atoms with E-state index in [0.29, 0.717) is 10.2 Å². The number of nitrogens with one attached hydrogen (secondary N) is 1. The highest BCUT2D eigenvalue weighted by Gasteiger charge is 2.10. The zero-order valence-corrected chi connectivity index (χ0v) is 12.1. The molecule has 1 N–H and O–H groups in total. The van der Waals surface area contributed by atoms with Gasteiger partial charge in [-0.1, -0.05) is 22.9 Å². The van der Waals surface area contributed by atoms with Crippen LogP contribution in [0.4, 0.5) is 5.13 Å². The van der Waals surface area contributed by atoms with Gasteiger partial charge in [-0.3, -0.25) is 0 Å². The van der Waals surface area contributed by atoms with Crippen molar-refractivity contribution in [2.45, 2.75) is 6.92 Å². The lowest BCUT2D eigenvalue weighted by atomic mass is 10.3. The van der Waals surface area contributed by atoms with Gasteiger partial charge in [-0.2, -0.15) is 5.26 Å². The average molecular weight is 308 g/mol. The maximum Gasteiger partial charge on any atom is 0.350 e. The van der Waals surface area contributed by atoms with Crippen molar-refractivity contribution >= 4 is 44.3 Å². The molecular formula is C13H10ClN3O2S. The van der Waals surface area contributed by atoms with E-state index >= 15 is 0 Å². The van der Waals surface area contributed by atoms with Gasteiger partial charge in [0.15, 0.2) is 10.7 Å². The number of hydrogen-bond acceptors (Lipinski definition) is 6. The Morgan fingerprint density at radius 1 is 1.65 bits per heavy atom. The predicted octanol–water partition coefficient (Wildman–Crippen LogP) is 3.33. The van der Waals surface area contributed by atoms with Crippen LogP contribution >= 0.6 is 22.9 Å². The summed E-state index contributed by atoms with van der Waals surface area (Å²) in [6.07, 6.45) is 1.29. The molecule has 7 heteroatoms. The molecule has 0 amide bonds. The molecule has 102 valence electrons. The molecule has 0 bridgehead atoms. The van der Waals surface area contributed by atoms with E-state index in [1.165, 1.54) is 17.5 Å². The Kier molecular flexibility index (Phi) is 4.56. The Morgan fingerprint density at radius 2 is 2.45 bits per heavy atom. The number of ether oxygens (including phenoxy) is 1. The van der Waals surface area contributed by atoms with Gasteiger partial charge in [0.1, 0.15) is 6.07 Å². The lowest BCUT2D eigenvalue weighted by Crippen LogP contribution is -2.07. The van der Waals surface area contributed by atoms with Crippen molar-refractivity contribution in [1.82, 2.24) is 4.98 Å². The molecule has 0 fully saturated rings. The van der Waals surface area contributed by atoms with E-state index in [1.807, 2.05) is 0 Å². The van der Waals surface area contributed by atoms with Crippen molar-refractivity contribution in [2.75, 3.05) is 11.9 Å². The van der Waals surface area contributed by atoms with Gasteiger partial charge in [-0.15, -0.1) is 0 Å². The van der Waals surface area contributed by atoms with Crippen LogP contribution in [0.2, 0.25) is 5.02 Å². The first-order chi connectivity index (χ1) is 9.63. The average Bonchev–Trinajstić information content (AvgIpc) is 2.81. The van der Waals surface area contributed by atoms with Gasteiger partial charge in [-0.05, 0) is 25.1 Å². The number of anilines is 1. The molecular weight excluding hydrogens is 298 g/mol. The van der Waals surface area contributed by atoms with E-state index < -0.39 is 5.97 Å². The van der Waals surface area contributed by atoms with Crippen molar-refractivity contribution in [3.05, 3.63) is 35.0 Å². The number of hydrogen-bond donors (Lipinski definition) is 1. The predicted molar refractivity (Wildman–Crippen MR) is 78.6 cm³/mol. The first-order valence-corrected chi connectivity index (χ1v) is 6.93. The minimum atomic E-state index is -0.661. The third-order valence-electron chi connectivity index (χ3n) is 2.31. The summed E-state index contributed by atoms with van der Waals surface area (Å²) in [5, 5.41) is 12.9. The maximum absolute atomic E-state index is 11.4.